The van der Waals surface area contributed by atoms with Crippen molar-refractivity contribution in [1.29, 1.82) is 0 Å². The molecular formula is C14H19NO. The van der Waals surface area contributed by atoms with Gasteiger partial charge < -0.3 is 9.69 Å². The maximum Gasteiger partial charge on any atom is 0.120 e. The van der Waals surface area contributed by atoms with E-state index in [4.69, 9.17) is 0 Å². The number of rotatable bonds is 4. The molecule has 1 aliphatic heterocycles. The average Bonchev–Trinajstić information content (AvgIpc) is 2.83. The highest BCUT2D eigenvalue weighted by atomic mass is 16.1. The Morgan fingerprint density at radius 3 is 2.69 bits per heavy atom. The first-order valence-electron chi connectivity index (χ1n) is 6.10. The molecule has 1 fully saturated rings. The summed E-state index contributed by atoms with van der Waals surface area (Å²) in [5, 5.41) is 0. The first kappa shape index (κ1) is 11.2. The van der Waals surface area contributed by atoms with E-state index in [0.29, 0.717) is 12.3 Å². The predicted molar refractivity (Wildman–Crippen MR) is 67.0 cm³/mol. The minimum Gasteiger partial charge on any atom is -0.371 e. The van der Waals surface area contributed by atoms with Gasteiger partial charge in [-0.25, -0.2) is 0 Å². The van der Waals surface area contributed by atoms with Crippen LogP contribution in [0, 0.1) is 0 Å². The Morgan fingerprint density at radius 2 is 2.00 bits per heavy atom. The highest BCUT2D eigenvalue weighted by Gasteiger charge is 2.17. The van der Waals surface area contributed by atoms with Gasteiger partial charge in [0.15, 0.2) is 0 Å². The van der Waals surface area contributed by atoms with Crippen LogP contribution in [0.25, 0.3) is 0 Å². The lowest BCUT2D eigenvalue weighted by Gasteiger charge is -2.23. The number of carbonyl (C=O) groups is 1. The standard InChI is InChI=1S/C14H19NO/c1-12(8-11-16)13-6-2-3-7-14(13)15-9-4-5-10-15/h2-3,6-7,11-12H,4-5,8-10H2,1H3. The number of hydrogen-bond acceptors (Lipinski definition) is 2. The van der Waals surface area contributed by atoms with Crippen molar-refractivity contribution in [2.75, 3.05) is 18.0 Å². The van der Waals surface area contributed by atoms with Crippen LogP contribution in [0.1, 0.15) is 37.7 Å². The van der Waals surface area contributed by atoms with E-state index >= 15 is 0 Å². The Morgan fingerprint density at radius 1 is 1.31 bits per heavy atom. The van der Waals surface area contributed by atoms with Crippen LogP contribution in [0.2, 0.25) is 0 Å². The summed E-state index contributed by atoms with van der Waals surface area (Å²) in [5.41, 5.74) is 2.64. The molecular weight excluding hydrogens is 198 g/mol. The smallest absolute Gasteiger partial charge is 0.120 e. The van der Waals surface area contributed by atoms with Crippen LogP contribution in [0.15, 0.2) is 24.3 Å². The van der Waals surface area contributed by atoms with Gasteiger partial charge in [-0.2, -0.15) is 0 Å². The summed E-state index contributed by atoms with van der Waals surface area (Å²) in [5.74, 6) is 0.328. The molecule has 2 nitrogen and oxygen atoms in total. The van der Waals surface area contributed by atoms with E-state index in [1.807, 2.05) is 0 Å². The molecule has 1 aromatic rings. The molecule has 0 N–H and O–H groups in total. The number of para-hydroxylation sites is 1. The van der Waals surface area contributed by atoms with E-state index in [1.165, 1.54) is 24.1 Å². The van der Waals surface area contributed by atoms with Gasteiger partial charge >= 0.3 is 0 Å². The van der Waals surface area contributed by atoms with Gasteiger partial charge in [-0.3, -0.25) is 0 Å². The van der Waals surface area contributed by atoms with Crippen molar-refractivity contribution >= 4 is 12.0 Å². The van der Waals surface area contributed by atoms with Gasteiger partial charge in [0.1, 0.15) is 6.29 Å². The summed E-state index contributed by atoms with van der Waals surface area (Å²) < 4.78 is 0. The van der Waals surface area contributed by atoms with Crippen LogP contribution >= 0.6 is 0 Å². The van der Waals surface area contributed by atoms with Crippen molar-refractivity contribution in [1.82, 2.24) is 0 Å². The molecule has 1 unspecified atom stereocenters. The number of benzene rings is 1. The zero-order valence-electron chi connectivity index (χ0n) is 9.86. The van der Waals surface area contributed by atoms with Crippen molar-refractivity contribution in [3.05, 3.63) is 29.8 Å². The maximum atomic E-state index is 10.6. The van der Waals surface area contributed by atoms with E-state index in [-0.39, 0.29) is 0 Å². The third-order valence-electron chi connectivity index (χ3n) is 3.36. The molecule has 1 aromatic carbocycles. The Kier molecular flexibility index (Phi) is 3.60. The highest BCUT2D eigenvalue weighted by molar-refractivity contribution is 5.59. The quantitative estimate of drug-likeness (QED) is 0.723. The summed E-state index contributed by atoms with van der Waals surface area (Å²) >= 11 is 0. The second-order valence-electron chi connectivity index (χ2n) is 4.56. The monoisotopic (exact) mass is 217 g/mol. The molecule has 1 atom stereocenters. The first-order valence-corrected chi connectivity index (χ1v) is 6.10. The van der Waals surface area contributed by atoms with E-state index < -0.39 is 0 Å². The third-order valence-corrected chi connectivity index (χ3v) is 3.36. The summed E-state index contributed by atoms with van der Waals surface area (Å²) in [6.45, 7) is 4.44. The van der Waals surface area contributed by atoms with Gasteiger partial charge in [0, 0.05) is 25.2 Å². The molecule has 2 heteroatoms. The predicted octanol–water partition coefficient (Wildman–Crippen LogP) is 2.98. The molecule has 1 aliphatic rings. The van der Waals surface area contributed by atoms with Crippen LogP contribution in [0.5, 0.6) is 0 Å². The van der Waals surface area contributed by atoms with Crippen molar-refractivity contribution < 1.29 is 4.79 Å². The molecule has 0 saturated carbocycles. The lowest BCUT2D eigenvalue weighted by molar-refractivity contribution is -0.108. The second kappa shape index (κ2) is 5.15. The maximum absolute atomic E-state index is 10.6. The largest absolute Gasteiger partial charge is 0.371 e. The average molecular weight is 217 g/mol. The van der Waals surface area contributed by atoms with Crippen molar-refractivity contribution in [3.63, 3.8) is 0 Å². The summed E-state index contributed by atoms with van der Waals surface area (Å²) in [6, 6.07) is 8.49. The van der Waals surface area contributed by atoms with E-state index in [2.05, 4.69) is 36.1 Å². The summed E-state index contributed by atoms with van der Waals surface area (Å²) in [6.07, 6.45) is 4.21. The van der Waals surface area contributed by atoms with Crippen LogP contribution < -0.4 is 4.90 Å². The van der Waals surface area contributed by atoms with Gasteiger partial charge in [0.05, 0.1) is 0 Å². The van der Waals surface area contributed by atoms with Gasteiger partial charge in [0.25, 0.3) is 0 Å². The molecule has 1 saturated heterocycles. The van der Waals surface area contributed by atoms with E-state index in [9.17, 15) is 4.79 Å². The molecule has 16 heavy (non-hydrogen) atoms. The molecule has 0 amide bonds. The fraction of sp³-hybridized carbons (Fsp3) is 0.500. The van der Waals surface area contributed by atoms with Gasteiger partial charge in [0.2, 0.25) is 0 Å². The summed E-state index contributed by atoms with van der Waals surface area (Å²) in [4.78, 5) is 13.0. The fourth-order valence-electron chi connectivity index (χ4n) is 2.42. The Hall–Kier alpha value is -1.31. The Labute approximate surface area is 97.3 Å². The van der Waals surface area contributed by atoms with Crippen molar-refractivity contribution in [3.8, 4) is 0 Å². The minimum atomic E-state index is 0.328. The van der Waals surface area contributed by atoms with Crippen molar-refractivity contribution in [2.45, 2.75) is 32.1 Å². The summed E-state index contributed by atoms with van der Waals surface area (Å²) in [7, 11) is 0. The number of carbonyl (C=O) groups excluding carboxylic acids is 1. The Balaban J connectivity index is 2.25. The number of hydrogen-bond donors (Lipinski definition) is 0. The highest BCUT2D eigenvalue weighted by Crippen LogP contribution is 2.31. The number of aldehydes is 1. The second-order valence-corrected chi connectivity index (χ2v) is 4.56. The lowest BCUT2D eigenvalue weighted by atomic mass is 9.96. The Bertz CT molecular complexity index is 356. The molecule has 0 radical (unpaired) electrons. The van der Waals surface area contributed by atoms with Gasteiger partial charge in [-0.1, -0.05) is 25.1 Å². The topological polar surface area (TPSA) is 20.3 Å². The van der Waals surface area contributed by atoms with Crippen LogP contribution in [-0.2, 0) is 4.79 Å². The van der Waals surface area contributed by atoms with Crippen molar-refractivity contribution in [2.24, 2.45) is 0 Å². The molecule has 86 valence electrons. The SMILES string of the molecule is CC(CC=O)c1ccccc1N1CCCC1. The molecule has 0 bridgehead atoms. The molecule has 0 aromatic heterocycles. The normalized spacial score (nSPS) is 17.4. The molecule has 1 heterocycles. The fourth-order valence-corrected chi connectivity index (χ4v) is 2.42. The first-order chi connectivity index (χ1) is 7.83. The van der Waals surface area contributed by atoms with Crippen LogP contribution in [0.4, 0.5) is 5.69 Å². The minimum absolute atomic E-state index is 0.328. The third kappa shape index (κ3) is 2.26. The van der Waals surface area contributed by atoms with E-state index in [0.717, 1.165) is 19.4 Å². The molecule has 0 spiro atoms. The zero-order valence-corrected chi connectivity index (χ0v) is 9.86. The van der Waals surface area contributed by atoms with Crippen LogP contribution in [0.3, 0.4) is 0 Å². The van der Waals surface area contributed by atoms with Gasteiger partial charge in [-0.05, 0) is 30.4 Å². The number of nitrogens with zero attached hydrogens (tertiary/aromatic N) is 1. The lowest BCUT2D eigenvalue weighted by Crippen LogP contribution is -2.19. The van der Waals surface area contributed by atoms with Gasteiger partial charge in [-0.15, -0.1) is 0 Å². The molecule has 0 aliphatic carbocycles. The number of anilines is 1. The molecule has 2 rings (SSSR count). The zero-order chi connectivity index (χ0) is 11.4. The van der Waals surface area contributed by atoms with E-state index in [1.54, 1.807) is 0 Å². The van der Waals surface area contributed by atoms with Crippen LogP contribution in [-0.4, -0.2) is 19.4 Å².